The molecule has 0 atom stereocenters. The van der Waals surface area contributed by atoms with Gasteiger partial charge in [0.15, 0.2) is 17.4 Å². The Balaban J connectivity index is 2.70. The number of phenolic OH excluding ortho intramolecular Hbond substituents is 2. The minimum atomic E-state index is -1.34. The number of halogens is 4. The molecule has 2 aromatic rings. The quantitative estimate of drug-likeness (QED) is 0.770. The molecule has 18 heavy (non-hydrogen) atoms. The summed E-state index contributed by atoms with van der Waals surface area (Å²) >= 11 is 0. The first-order valence-electron chi connectivity index (χ1n) is 4.76. The summed E-state index contributed by atoms with van der Waals surface area (Å²) < 4.78 is 53.1. The van der Waals surface area contributed by atoms with E-state index in [9.17, 15) is 17.6 Å². The molecular weight excluding hydrogens is 252 g/mol. The lowest BCUT2D eigenvalue weighted by Gasteiger charge is -2.07. The Bertz CT molecular complexity index is 579. The smallest absolute Gasteiger partial charge is 0.187 e. The molecule has 0 radical (unpaired) electrons. The molecule has 2 N–H and O–H groups in total. The molecular formula is C12H6F4O2. The molecule has 94 valence electrons. The van der Waals surface area contributed by atoms with Gasteiger partial charge in [-0.1, -0.05) is 0 Å². The van der Waals surface area contributed by atoms with E-state index in [4.69, 9.17) is 10.2 Å². The van der Waals surface area contributed by atoms with E-state index >= 15 is 0 Å². The maximum Gasteiger partial charge on any atom is 0.187 e. The van der Waals surface area contributed by atoms with Crippen molar-refractivity contribution in [3.63, 3.8) is 0 Å². The van der Waals surface area contributed by atoms with Crippen LogP contribution < -0.4 is 0 Å². The molecule has 2 rings (SSSR count). The van der Waals surface area contributed by atoms with Crippen molar-refractivity contribution in [2.45, 2.75) is 0 Å². The van der Waals surface area contributed by atoms with Gasteiger partial charge in [0.1, 0.15) is 17.4 Å². The van der Waals surface area contributed by atoms with Gasteiger partial charge in [-0.25, -0.2) is 17.6 Å². The van der Waals surface area contributed by atoms with E-state index in [1.165, 1.54) is 0 Å². The number of benzene rings is 2. The molecule has 0 spiro atoms. The normalized spacial score (nSPS) is 10.7. The van der Waals surface area contributed by atoms with E-state index in [1.54, 1.807) is 0 Å². The average Bonchev–Trinajstić information content (AvgIpc) is 2.24. The fraction of sp³-hybridized carbons (Fsp3) is 0. The van der Waals surface area contributed by atoms with Crippen molar-refractivity contribution in [2.75, 3.05) is 0 Å². The van der Waals surface area contributed by atoms with E-state index in [1.807, 2.05) is 0 Å². The van der Waals surface area contributed by atoms with Crippen LogP contribution in [0.3, 0.4) is 0 Å². The Morgan fingerprint density at radius 1 is 0.667 bits per heavy atom. The molecule has 0 aliphatic carbocycles. The van der Waals surface area contributed by atoms with E-state index < -0.39 is 45.9 Å². The first-order chi connectivity index (χ1) is 8.40. The van der Waals surface area contributed by atoms with Gasteiger partial charge >= 0.3 is 0 Å². The van der Waals surface area contributed by atoms with Crippen LogP contribution in [0.4, 0.5) is 17.6 Å². The minimum absolute atomic E-state index is 0.419. The third-order valence-corrected chi connectivity index (χ3v) is 2.33. The van der Waals surface area contributed by atoms with Crippen LogP contribution in [0.25, 0.3) is 11.1 Å². The number of hydrogen-bond donors (Lipinski definition) is 2. The van der Waals surface area contributed by atoms with Crippen molar-refractivity contribution in [1.29, 1.82) is 0 Å². The van der Waals surface area contributed by atoms with Crippen molar-refractivity contribution in [3.8, 4) is 22.6 Å². The number of rotatable bonds is 1. The SMILES string of the molecule is Oc1cc(F)c(-c2cc(F)c(O)c(F)c2)c(F)c1. The monoisotopic (exact) mass is 258 g/mol. The third-order valence-electron chi connectivity index (χ3n) is 2.33. The molecule has 2 nitrogen and oxygen atoms in total. The average molecular weight is 258 g/mol. The fourth-order valence-electron chi connectivity index (χ4n) is 1.55. The zero-order chi connectivity index (χ0) is 13.4. The predicted molar refractivity (Wildman–Crippen MR) is 55.0 cm³/mol. The van der Waals surface area contributed by atoms with Crippen LogP contribution in [-0.2, 0) is 0 Å². The van der Waals surface area contributed by atoms with Crippen LogP contribution in [-0.4, -0.2) is 10.2 Å². The van der Waals surface area contributed by atoms with Crippen molar-refractivity contribution in [2.24, 2.45) is 0 Å². The summed E-state index contributed by atoms with van der Waals surface area (Å²) in [6, 6.07) is 2.41. The zero-order valence-corrected chi connectivity index (χ0v) is 8.72. The Hall–Kier alpha value is -2.24. The Labute approximate surface area is 98.7 Å². The van der Waals surface area contributed by atoms with Gasteiger partial charge in [0.2, 0.25) is 0 Å². The molecule has 0 heterocycles. The lowest BCUT2D eigenvalue weighted by Crippen LogP contribution is -1.93. The number of phenols is 2. The first-order valence-corrected chi connectivity index (χ1v) is 4.76. The predicted octanol–water partition coefficient (Wildman–Crippen LogP) is 3.32. The van der Waals surface area contributed by atoms with Gasteiger partial charge in [-0.3, -0.25) is 0 Å². The molecule has 0 aliphatic rings. The second kappa shape index (κ2) is 4.21. The molecule has 0 saturated heterocycles. The van der Waals surface area contributed by atoms with Crippen molar-refractivity contribution >= 4 is 0 Å². The minimum Gasteiger partial charge on any atom is -0.508 e. The van der Waals surface area contributed by atoms with Gasteiger partial charge in [-0.05, 0) is 17.7 Å². The van der Waals surface area contributed by atoms with Gasteiger partial charge in [0.25, 0.3) is 0 Å². The highest BCUT2D eigenvalue weighted by atomic mass is 19.1. The summed E-state index contributed by atoms with van der Waals surface area (Å²) in [4.78, 5) is 0. The Kier molecular flexibility index (Phi) is 2.86. The molecule has 0 aliphatic heterocycles. The van der Waals surface area contributed by atoms with Gasteiger partial charge in [0, 0.05) is 12.1 Å². The summed E-state index contributed by atoms with van der Waals surface area (Å²) in [6.45, 7) is 0. The highest BCUT2D eigenvalue weighted by Crippen LogP contribution is 2.32. The lowest BCUT2D eigenvalue weighted by molar-refractivity contribution is 0.396. The summed E-state index contributed by atoms with van der Waals surface area (Å²) in [5.74, 6) is -6.88. The Morgan fingerprint density at radius 2 is 1.11 bits per heavy atom. The van der Waals surface area contributed by atoms with Crippen LogP contribution in [0.1, 0.15) is 0 Å². The van der Waals surface area contributed by atoms with Crippen LogP contribution in [0.2, 0.25) is 0 Å². The summed E-state index contributed by atoms with van der Waals surface area (Å²) in [5.41, 5.74) is -1.11. The largest absolute Gasteiger partial charge is 0.508 e. The molecule has 0 aromatic heterocycles. The van der Waals surface area contributed by atoms with Crippen LogP contribution in [0.5, 0.6) is 11.5 Å². The molecule has 6 heteroatoms. The van der Waals surface area contributed by atoms with E-state index in [0.29, 0.717) is 24.3 Å². The summed E-state index contributed by atoms with van der Waals surface area (Å²) in [5, 5.41) is 17.8. The van der Waals surface area contributed by atoms with Gasteiger partial charge in [-0.15, -0.1) is 0 Å². The molecule has 2 aromatic carbocycles. The highest BCUT2D eigenvalue weighted by Gasteiger charge is 2.17. The lowest BCUT2D eigenvalue weighted by atomic mass is 10.0. The summed E-state index contributed by atoms with van der Waals surface area (Å²) in [6.07, 6.45) is 0. The van der Waals surface area contributed by atoms with Crippen LogP contribution in [0.15, 0.2) is 24.3 Å². The second-order valence-electron chi connectivity index (χ2n) is 3.57. The third kappa shape index (κ3) is 1.97. The Morgan fingerprint density at radius 3 is 1.56 bits per heavy atom. The van der Waals surface area contributed by atoms with Crippen molar-refractivity contribution < 1.29 is 27.8 Å². The highest BCUT2D eigenvalue weighted by molar-refractivity contribution is 5.66. The van der Waals surface area contributed by atoms with Crippen LogP contribution in [0, 0.1) is 23.3 Å². The number of aromatic hydroxyl groups is 2. The molecule has 0 bridgehead atoms. The molecule has 0 fully saturated rings. The standard InChI is InChI=1S/C12H6F4O2/c13-7-3-6(17)4-8(14)11(7)5-1-9(15)12(18)10(16)2-5/h1-4,17-18H. The van der Waals surface area contributed by atoms with Crippen molar-refractivity contribution in [3.05, 3.63) is 47.5 Å². The number of hydrogen-bond acceptors (Lipinski definition) is 2. The van der Waals surface area contributed by atoms with Crippen molar-refractivity contribution in [1.82, 2.24) is 0 Å². The molecule has 0 saturated carbocycles. The summed E-state index contributed by atoms with van der Waals surface area (Å²) in [7, 11) is 0. The topological polar surface area (TPSA) is 40.5 Å². The van der Waals surface area contributed by atoms with E-state index in [2.05, 4.69) is 0 Å². The maximum atomic E-state index is 13.5. The molecule has 0 unspecified atom stereocenters. The van der Waals surface area contributed by atoms with Gasteiger partial charge < -0.3 is 10.2 Å². The van der Waals surface area contributed by atoms with Gasteiger partial charge in [-0.2, -0.15) is 0 Å². The molecule has 0 amide bonds. The van der Waals surface area contributed by atoms with Crippen LogP contribution >= 0.6 is 0 Å². The zero-order valence-electron chi connectivity index (χ0n) is 8.72. The van der Waals surface area contributed by atoms with E-state index in [0.717, 1.165) is 0 Å². The first kappa shape index (κ1) is 12.2. The van der Waals surface area contributed by atoms with E-state index in [-0.39, 0.29) is 0 Å². The second-order valence-corrected chi connectivity index (χ2v) is 3.57. The fourth-order valence-corrected chi connectivity index (χ4v) is 1.55. The van der Waals surface area contributed by atoms with Gasteiger partial charge in [0.05, 0.1) is 5.56 Å². The maximum absolute atomic E-state index is 13.5.